The molecule has 0 bridgehead atoms. The Morgan fingerprint density at radius 3 is 2.82 bits per heavy atom. The summed E-state index contributed by atoms with van der Waals surface area (Å²) in [5.41, 5.74) is 1.24. The fourth-order valence-corrected chi connectivity index (χ4v) is 3.64. The molecule has 1 aromatic carbocycles. The number of benzene rings is 1. The van der Waals surface area contributed by atoms with Gasteiger partial charge in [0.25, 0.3) is 5.91 Å². The zero-order chi connectivity index (χ0) is 16.3. The number of aryl methyl sites for hydroxylation is 1. The van der Waals surface area contributed by atoms with E-state index in [0.717, 1.165) is 18.7 Å². The van der Waals surface area contributed by atoms with Crippen LogP contribution < -0.4 is 10.0 Å². The molecule has 1 aromatic rings. The van der Waals surface area contributed by atoms with Gasteiger partial charge >= 0.3 is 0 Å². The third-order valence-electron chi connectivity index (χ3n) is 3.85. The van der Waals surface area contributed by atoms with Crippen molar-refractivity contribution in [2.75, 3.05) is 26.2 Å². The molecule has 2 rings (SSSR count). The number of piperazine rings is 1. The average molecular weight is 325 g/mol. The number of amides is 1. The van der Waals surface area contributed by atoms with Crippen molar-refractivity contribution < 1.29 is 13.2 Å². The van der Waals surface area contributed by atoms with Gasteiger partial charge in [0.2, 0.25) is 10.0 Å². The van der Waals surface area contributed by atoms with Crippen LogP contribution in [0.2, 0.25) is 0 Å². The van der Waals surface area contributed by atoms with Crippen LogP contribution in [0, 0.1) is 6.92 Å². The van der Waals surface area contributed by atoms with Gasteiger partial charge < -0.3 is 10.2 Å². The maximum atomic E-state index is 12.8. The molecule has 7 heteroatoms. The molecule has 1 heterocycles. The van der Waals surface area contributed by atoms with Gasteiger partial charge in [-0.05, 0) is 31.5 Å². The Balaban J connectivity index is 2.36. The van der Waals surface area contributed by atoms with Crippen LogP contribution in [-0.4, -0.2) is 51.4 Å². The molecule has 0 saturated carbocycles. The van der Waals surface area contributed by atoms with Crippen LogP contribution in [0.3, 0.4) is 0 Å². The van der Waals surface area contributed by atoms with Gasteiger partial charge in [-0.1, -0.05) is 13.0 Å². The quantitative estimate of drug-likeness (QED) is 0.855. The van der Waals surface area contributed by atoms with E-state index in [1.165, 1.54) is 12.1 Å². The lowest BCUT2D eigenvalue weighted by Crippen LogP contribution is -2.52. The number of carbonyl (C=O) groups excluding carboxylic acids is 1. The lowest BCUT2D eigenvalue weighted by molar-refractivity contribution is 0.0654. The molecule has 1 aliphatic heterocycles. The normalized spacial score (nSPS) is 19.2. The SMILES string of the molecule is CCNS(=O)(=O)c1ccc(C)c(C(=O)N2CCNC[C@H]2C)c1. The van der Waals surface area contributed by atoms with Crippen LogP contribution in [0.1, 0.15) is 29.8 Å². The van der Waals surface area contributed by atoms with Gasteiger partial charge in [0.1, 0.15) is 0 Å². The van der Waals surface area contributed by atoms with Gasteiger partial charge in [-0.15, -0.1) is 0 Å². The minimum absolute atomic E-state index is 0.0923. The van der Waals surface area contributed by atoms with E-state index in [4.69, 9.17) is 0 Å². The number of hydrogen-bond acceptors (Lipinski definition) is 4. The smallest absolute Gasteiger partial charge is 0.254 e. The standard InChI is InChI=1S/C15H23N3O3S/c1-4-17-22(20,21)13-6-5-11(2)14(9-13)15(19)18-8-7-16-10-12(18)3/h5-6,9,12,16-17H,4,7-8,10H2,1-3H3/t12-/m1/s1. The highest BCUT2D eigenvalue weighted by atomic mass is 32.2. The Kier molecular flexibility index (Phi) is 5.20. The third kappa shape index (κ3) is 3.48. The summed E-state index contributed by atoms with van der Waals surface area (Å²) in [6.45, 7) is 7.98. The zero-order valence-corrected chi connectivity index (χ0v) is 14.0. The first-order valence-corrected chi connectivity index (χ1v) is 8.97. The van der Waals surface area contributed by atoms with E-state index in [-0.39, 0.29) is 16.8 Å². The minimum Gasteiger partial charge on any atom is -0.333 e. The minimum atomic E-state index is -3.56. The summed E-state index contributed by atoms with van der Waals surface area (Å²) in [7, 11) is -3.56. The van der Waals surface area contributed by atoms with E-state index in [2.05, 4.69) is 10.0 Å². The van der Waals surface area contributed by atoms with E-state index < -0.39 is 10.0 Å². The Hall–Kier alpha value is -1.44. The molecule has 0 radical (unpaired) electrons. The van der Waals surface area contributed by atoms with Crippen LogP contribution in [0.5, 0.6) is 0 Å². The lowest BCUT2D eigenvalue weighted by Gasteiger charge is -2.34. The molecule has 1 saturated heterocycles. The predicted octanol–water partition coefficient (Wildman–Crippen LogP) is 0.727. The molecule has 0 spiro atoms. The molecule has 0 aliphatic carbocycles. The van der Waals surface area contributed by atoms with E-state index in [1.54, 1.807) is 17.9 Å². The van der Waals surface area contributed by atoms with Crippen LogP contribution >= 0.6 is 0 Å². The second kappa shape index (κ2) is 6.76. The van der Waals surface area contributed by atoms with Crippen molar-refractivity contribution in [2.45, 2.75) is 31.7 Å². The van der Waals surface area contributed by atoms with Crippen molar-refractivity contribution in [3.8, 4) is 0 Å². The molecule has 1 amide bonds. The molecule has 22 heavy (non-hydrogen) atoms. The summed E-state index contributed by atoms with van der Waals surface area (Å²) in [4.78, 5) is 14.7. The summed E-state index contributed by atoms with van der Waals surface area (Å²) in [6.07, 6.45) is 0. The van der Waals surface area contributed by atoms with Crippen LogP contribution in [-0.2, 0) is 10.0 Å². The van der Waals surface area contributed by atoms with Gasteiger partial charge in [0.15, 0.2) is 0 Å². The van der Waals surface area contributed by atoms with Gasteiger partial charge in [-0.3, -0.25) is 4.79 Å². The Labute approximate surface area is 131 Å². The summed E-state index contributed by atoms with van der Waals surface area (Å²) in [5, 5.41) is 3.24. The highest BCUT2D eigenvalue weighted by molar-refractivity contribution is 7.89. The first kappa shape index (κ1) is 16.9. The number of carbonyl (C=O) groups is 1. The summed E-state index contributed by atoms with van der Waals surface area (Å²) < 4.78 is 26.7. The summed E-state index contributed by atoms with van der Waals surface area (Å²) in [6, 6.07) is 4.79. The fraction of sp³-hybridized carbons (Fsp3) is 0.533. The van der Waals surface area contributed by atoms with Gasteiger partial charge in [0, 0.05) is 37.8 Å². The van der Waals surface area contributed by atoms with Gasteiger partial charge in [0.05, 0.1) is 4.90 Å². The van der Waals surface area contributed by atoms with E-state index in [1.807, 2.05) is 13.8 Å². The molecular formula is C15H23N3O3S. The number of hydrogen-bond donors (Lipinski definition) is 2. The zero-order valence-electron chi connectivity index (χ0n) is 13.2. The first-order valence-electron chi connectivity index (χ1n) is 7.49. The molecule has 1 aliphatic rings. The number of rotatable bonds is 4. The highest BCUT2D eigenvalue weighted by Crippen LogP contribution is 2.19. The molecule has 2 N–H and O–H groups in total. The maximum Gasteiger partial charge on any atom is 0.254 e. The van der Waals surface area contributed by atoms with Crippen molar-refractivity contribution in [3.05, 3.63) is 29.3 Å². The fourth-order valence-electron chi connectivity index (χ4n) is 2.57. The summed E-state index contributed by atoms with van der Waals surface area (Å²) in [5.74, 6) is -0.111. The van der Waals surface area contributed by atoms with Crippen LogP contribution in [0.15, 0.2) is 23.1 Å². The highest BCUT2D eigenvalue weighted by Gasteiger charge is 2.26. The van der Waals surface area contributed by atoms with Crippen molar-refractivity contribution in [3.63, 3.8) is 0 Å². The number of sulfonamides is 1. The molecule has 1 fully saturated rings. The van der Waals surface area contributed by atoms with Gasteiger partial charge in [-0.25, -0.2) is 13.1 Å². The van der Waals surface area contributed by atoms with Crippen molar-refractivity contribution in [1.29, 1.82) is 0 Å². The molecule has 6 nitrogen and oxygen atoms in total. The molecule has 0 aromatic heterocycles. The second-order valence-corrected chi connectivity index (χ2v) is 7.30. The largest absolute Gasteiger partial charge is 0.333 e. The van der Waals surface area contributed by atoms with Crippen molar-refractivity contribution >= 4 is 15.9 Å². The van der Waals surface area contributed by atoms with Crippen molar-refractivity contribution in [2.24, 2.45) is 0 Å². The second-order valence-electron chi connectivity index (χ2n) is 5.53. The van der Waals surface area contributed by atoms with E-state index in [0.29, 0.717) is 18.7 Å². The maximum absolute atomic E-state index is 12.8. The van der Waals surface area contributed by atoms with Gasteiger partial charge in [-0.2, -0.15) is 0 Å². The first-order chi connectivity index (χ1) is 10.4. The number of nitrogens with one attached hydrogen (secondary N) is 2. The summed E-state index contributed by atoms with van der Waals surface area (Å²) >= 11 is 0. The predicted molar refractivity (Wildman–Crippen MR) is 85.4 cm³/mol. The average Bonchev–Trinajstić information content (AvgIpc) is 2.47. The van der Waals surface area contributed by atoms with Crippen LogP contribution in [0.25, 0.3) is 0 Å². The number of nitrogens with zero attached hydrogens (tertiary/aromatic N) is 1. The molecular weight excluding hydrogens is 302 g/mol. The third-order valence-corrected chi connectivity index (χ3v) is 5.39. The van der Waals surface area contributed by atoms with Crippen LogP contribution in [0.4, 0.5) is 0 Å². The topological polar surface area (TPSA) is 78.5 Å². The van der Waals surface area contributed by atoms with Crippen molar-refractivity contribution in [1.82, 2.24) is 14.9 Å². The molecule has 1 atom stereocenters. The van der Waals surface area contributed by atoms with E-state index in [9.17, 15) is 13.2 Å². The lowest BCUT2D eigenvalue weighted by atomic mass is 10.1. The molecule has 0 unspecified atom stereocenters. The molecule has 122 valence electrons. The monoisotopic (exact) mass is 325 g/mol. The Bertz CT molecular complexity index is 658. The van der Waals surface area contributed by atoms with E-state index >= 15 is 0 Å². The Morgan fingerprint density at radius 2 is 2.18 bits per heavy atom. The Morgan fingerprint density at radius 1 is 1.45 bits per heavy atom.